The van der Waals surface area contributed by atoms with E-state index in [0.29, 0.717) is 28.2 Å². The number of hydrogen-bond acceptors (Lipinski definition) is 7. The van der Waals surface area contributed by atoms with E-state index in [2.05, 4.69) is 16.0 Å². The normalized spacial score (nSPS) is 11.3. The van der Waals surface area contributed by atoms with Crippen molar-refractivity contribution in [1.29, 1.82) is 0 Å². The van der Waals surface area contributed by atoms with Gasteiger partial charge in [0.1, 0.15) is 5.00 Å². The highest BCUT2D eigenvalue weighted by molar-refractivity contribution is 8.00. The Morgan fingerprint density at radius 1 is 0.837 bits per heavy atom. The number of carbonyl (C=O) groups is 4. The molecule has 222 valence electrons. The molecule has 1 aromatic heterocycles. The average molecular weight is 616 g/mol. The second-order valence-corrected chi connectivity index (χ2v) is 11.8. The largest absolute Gasteiger partial charge is 0.462 e. The fourth-order valence-corrected chi connectivity index (χ4v) is 6.40. The summed E-state index contributed by atoms with van der Waals surface area (Å²) in [6.07, 6.45) is 0.758. The molecule has 43 heavy (non-hydrogen) atoms. The zero-order chi connectivity index (χ0) is 30.8. The molecule has 0 radical (unpaired) electrons. The molecular formula is C33H33N3O5S2. The van der Waals surface area contributed by atoms with E-state index in [1.807, 2.05) is 73.7 Å². The zero-order valence-corrected chi connectivity index (χ0v) is 25.8. The molecule has 0 aliphatic carbocycles. The summed E-state index contributed by atoms with van der Waals surface area (Å²) in [6.45, 7) is 5.41. The summed E-state index contributed by atoms with van der Waals surface area (Å²) < 4.78 is 5.25. The van der Waals surface area contributed by atoms with Crippen molar-refractivity contribution in [2.75, 3.05) is 22.6 Å². The molecule has 1 unspecified atom stereocenters. The zero-order valence-electron chi connectivity index (χ0n) is 24.1. The number of esters is 1. The maximum Gasteiger partial charge on any atom is 0.341 e. The van der Waals surface area contributed by atoms with Gasteiger partial charge in [-0.1, -0.05) is 61.5 Å². The van der Waals surface area contributed by atoms with Crippen molar-refractivity contribution < 1.29 is 23.9 Å². The van der Waals surface area contributed by atoms with Crippen LogP contribution in [-0.4, -0.2) is 35.5 Å². The van der Waals surface area contributed by atoms with Gasteiger partial charge in [0.25, 0.3) is 5.91 Å². The van der Waals surface area contributed by atoms with E-state index < -0.39 is 11.2 Å². The van der Waals surface area contributed by atoms with Crippen LogP contribution in [0.1, 0.15) is 51.4 Å². The van der Waals surface area contributed by atoms with E-state index in [1.165, 1.54) is 11.8 Å². The first-order chi connectivity index (χ1) is 20.8. The Balaban J connectivity index is 1.48. The number of hydrogen-bond donors (Lipinski definition) is 3. The van der Waals surface area contributed by atoms with Gasteiger partial charge in [0.05, 0.1) is 28.7 Å². The fraction of sp³-hybridized carbons (Fsp3) is 0.212. The molecule has 10 heteroatoms. The van der Waals surface area contributed by atoms with Crippen molar-refractivity contribution in [3.8, 4) is 0 Å². The average Bonchev–Trinajstić information content (AvgIpc) is 3.32. The minimum absolute atomic E-state index is 0.134. The second kappa shape index (κ2) is 15.2. The van der Waals surface area contributed by atoms with Gasteiger partial charge in [-0.2, -0.15) is 0 Å². The maximum absolute atomic E-state index is 13.5. The molecule has 0 saturated heterocycles. The number of anilines is 3. The number of carbonyl (C=O) groups excluding carboxylic acids is 4. The highest BCUT2D eigenvalue weighted by atomic mass is 32.2. The molecule has 8 nitrogen and oxygen atoms in total. The third-order valence-electron chi connectivity index (χ3n) is 6.37. The third kappa shape index (κ3) is 8.56. The van der Waals surface area contributed by atoms with E-state index in [4.69, 9.17) is 4.74 Å². The van der Waals surface area contributed by atoms with Gasteiger partial charge in [-0.3, -0.25) is 14.4 Å². The number of para-hydroxylation sites is 1. The van der Waals surface area contributed by atoms with Gasteiger partial charge < -0.3 is 20.7 Å². The molecule has 1 atom stereocenters. The van der Waals surface area contributed by atoms with Crippen LogP contribution in [0, 0.1) is 6.92 Å². The summed E-state index contributed by atoms with van der Waals surface area (Å²) in [4.78, 5) is 53.1. The standard InChI is InChI=1S/C33H33N3O5S2/c1-4-26(42-25-18-12-17-24(20-25)34-27(37)19-22-13-8-6-9-14-22)30(38)36-32-28(33(40)41-5-2)21(3)29(43-32)31(39)35-23-15-10-7-11-16-23/h6-18,20,26H,4-5,19H2,1-3H3,(H,34,37)(H,35,39)(H,36,38). The van der Waals surface area contributed by atoms with Gasteiger partial charge in [0, 0.05) is 16.3 Å². The number of ether oxygens (including phenoxy) is 1. The summed E-state index contributed by atoms with van der Waals surface area (Å²) in [5.41, 5.74) is 2.77. The van der Waals surface area contributed by atoms with E-state index in [9.17, 15) is 19.2 Å². The monoisotopic (exact) mass is 615 g/mol. The van der Waals surface area contributed by atoms with Crippen molar-refractivity contribution >= 4 is 63.2 Å². The molecule has 0 saturated carbocycles. The Morgan fingerprint density at radius 2 is 1.51 bits per heavy atom. The predicted octanol–water partition coefficient (Wildman–Crippen LogP) is 7.18. The topological polar surface area (TPSA) is 114 Å². The molecule has 3 N–H and O–H groups in total. The number of amides is 3. The van der Waals surface area contributed by atoms with Crippen LogP contribution in [0.5, 0.6) is 0 Å². The Bertz CT molecular complexity index is 1590. The van der Waals surface area contributed by atoms with Crippen LogP contribution in [0.15, 0.2) is 89.8 Å². The van der Waals surface area contributed by atoms with Gasteiger partial charge in [-0.15, -0.1) is 23.1 Å². The molecule has 0 aliphatic rings. The summed E-state index contributed by atoms with van der Waals surface area (Å²) >= 11 is 2.39. The first-order valence-corrected chi connectivity index (χ1v) is 15.6. The molecule has 1 heterocycles. The number of nitrogens with one attached hydrogen (secondary N) is 3. The van der Waals surface area contributed by atoms with Crippen LogP contribution in [-0.2, 0) is 20.7 Å². The minimum atomic E-state index is -0.607. The number of benzene rings is 3. The molecule has 0 bridgehead atoms. The molecular weight excluding hydrogens is 583 g/mol. The maximum atomic E-state index is 13.5. The summed E-state index contributed by atoms with van der Waals surface area (Å²) in [7, 11) is 0. The van der Waals surface area contributed by atoms with Crippen molar-refractivity contribution in [1.82, 2.24) is 0 Å². The Hall–Kier alpha value is -4.41. The highest BCUT2D eigenvalue weighted by Crippen LogP contribution is 2.36. The van der Waals surface area contributed by atoms with Crippen LogP contribution >= 0.6 is 23.1 Å². The van der Waals surface area contributed by atoms with Crippen molar-refractivity contribution in [2.24, 2.45) is 0 Å². The molecule has 4 rings (SSSR count). The SMILES string of the molecule is CCOC(=O)c1c(NC(=O)C(CC)Sc2cccc(NC(=O)Cc3ccccc3)c2)sc(C(=O)Nc2ccccc2)c1C. The van der Waals surface area contributed by atoms with Crippen molar-refractivity contribution in [2.45, 2.75) is 43.8 Å². The van der Waals surface area contributed by atoms with Crippen LogP contribution in [0.4, 0.5) is 16.4 Å². The third-order valence-corrected chi connectivity index (χ3v) is 8.93. The van der Waals surface area contributed by atoms with Gasteiger partial charge in [-0.25, -0.2) is 4.79 Å². The smallest absolute Gasteiger partial charge is 0.341 e. The van der Waals surface area contributed by atoms with Crippen LogP contribution < -0.4 is 16.0 Å². The van der Waals surface area contributed by atoms with Crippen molar-refractivity contribution in [3.63, 3.8) is 0 Å². The molecule has 3 amide bonds. The van der Waals surface area contributed by atoms with Gasteiger partial charge in [0.15, 0.2) is 0 Å². The van der Waals surface area contributed by atoms with Crippen LogP contribution in [0.3, 0.4) is 0 Å². The molecule has 4 aromatic rings. The molecule has 0 spiro atoms. The van der Waals surface area contributed by atoms with E-state index in [1.54, 1.807) is 32.0 Å². The summed E-state index contributed by atoms with van der Waals surface area (Å²) in [5, 5.41) is 8.40. The molecule has 0 aliphatic heterocycles. The Kier molecular flexibility index (Phi) is 11.1. The highest BCUT2D eigenvalue weighted by Gasteiger charge is 2.28. The minimum Gasteiger partial charge on any atom is -0.462 e. The first-order valence-electron chi connectivity index (χ1n) is 13.9. The van der Waals surface area contributed by atoms with Gasteiger partial charge in [-0.05, 0) is 61.7 Å². The van der Waals surface area contributed by atoms with E-state index >= 15 is 0 Å². The quantitative estimate of drug-likeness (QED) is 0.115. The lowest BCUT2D eigenvalue weighted by molar-refractivity contribution is -0.116. The lowest BCUT2D eigenvalue weighted by atomic mass is 10.1. The lowest BCUT2D eigenvalue weighted by Crippen LogP contribution is -2.25. The number of rotatable bonds is 12. The molecule has 0 fully saturated rings. The summed E-state index contributed by atoms with van der Waals surface area (Å²) in [6, 6.07) is 25.8. The Morgan fingerprint density at radius 3 is 2.19 bits per heavy atom. The lowest BCUT2D eigenvalue weighted by Gasteiger charge is -2.15. The van der Waals surface area contributed by atoms with E-state index in [0.717, 1.165) is 21.8 Å². The van der Waals surface area contributed by atoms with Gasteiger partial charge in [0.2, 0.25) is 11.8 Å². The van der Waals surface area contributed by atoms with Gasteiger partial charge >= 0.3 is 5.97 Å². The molecule has 3 aromatic carbocycles. The number of thiophene rings is 1. The van der Waals surface area contributed by atoms with Crippen LogP contribution in [0.25, 0.3) is 0 Å². The van der Waals surface area contributed by atoms with Crippen LogP contribution in [0.2, 0.25) is 0 Å². The summed E-state index contributed by atoms with van der Waals surface area (Å²) in [5.74, 6) is -1.44. The fourth-order valence-electron chi connectivity index (χ4n) is 4.29. The second-order valence-electron chi connectivity index (χ2n) is 9.54. The van der Waals surface area contributed by atoms with Crippen molar-refractivity contribution in [3.05, 3.63) is 106 Å². The first kappa shape index (κ1) is 31.5. The predicted molar refractivity (Wildman–Crippen MR) is 173 cm³/mol. The number of thioether (sulfide) groups is 1. The Labute approximate surface area is 259 Å². The van der Waals surface area contributed by atoms with E-state index in [-0.39, 0.29) is 41.3 Å².